The van der Waals surface area contributed by atoms with Crippen LogP contribution in [0, 0.1) is 5.92 Å². The summed E-state index contributed by atoms with van der Waals surface area (Å²) in [5, 5.41) is 21.6. The second kappa shape index (κ2) is 13.4. The summed E-state index contributed by atoms with van der Waals surface area (Å²) in [4.78, 5) is 33.5. The minimum Gasteiger partial charge on any atom is -0.507 e. The first-order valence-electron chi connectivity index (χ1n) is 11.9. The average molecular weight is 473 g/mol. The molecule has 1 heterocycles. The second-order valence-corrected chi connectivity index (χ2v) is 8.49. The SMILES string of the molecule is CC.CC(C)NC(=O)OC1CCC(c2cc(NC(=O)C3CC3)n[nH]2)C1.O=Cc1ccccc1O. The van der Waals surface area contributed by atoms with Crippen LogP contribution >= 0.6 is 0 Å². The van der Waals surface area contributed by atoms with E-state index in [0.29, 0.717) is 17.7 Å². The fourth-order valence-corrected chi connectivity index (χ4v) is 3.52. The van der Waals surface area contributed by atoms with Crippen molar-refractivity contribution in [3.8, 4) is 5.75 Å². The highest BCUT2D eigenvalue weighted by atomic mass is 16.6. The molecular weight excluding hydrogens is 436 g/mol. The minimum atomic E-state index is -0.354. The quantitative estimate of drug-likeness (QED) is 0.448. The molecule has 186 valence electrons. The van der Waals surface area contributed by atoms with Gasteiger partial charge in [0.15, 0.2) is 12.1 Å². The molecule has 2 aliphatic carbocycles. The number of phenols is 1. The number of anilines is 1. The van der Waals surface area contributed by atoms with Crippen LogP contribution in [0.15, 0.2) is 30.3 Å². The highest BCUT2D eigenvalue weighted by Crippen LogP contribution is 2.36. The van der Waals surface area contributed by atoms with Gasteiger partial charge >= 0.3 is 6.09 Å². The predicted molar refractivity (Wildman–Crippen MR) is 130 cm³/mol. The molecule has 2 unspecified atom stereocenters. The van der Waals surface area contributed by atoms with Crippen LogP contribution in [0.1, 0.15) is 81.8 Å². The monoisotopic (exact) mass is 472 g/mol. The molecule has 2 fully saturated rings. The van der Waals surface area contributed by atoms with Gasteiger partial charge in [-0.05, 0) is 58.1 Å². The van der Waals surface area contributed by atoms with Crippen molar-refractivity contribution >= 4 is 24.1 Å². The molecule has 2 saturated carbocycles. The van der Waals surface area contributed by atoms with E-state index < -0.39 is 0 Å². The summed E-state index contributed by atoms with van der Waals surface area (Å²) in [6.45, 7) is 7.81. The highest BCUT2D eigenvalue weighted by molar-refractivity contribution is 5.93. The molecule has 0 bridgehead atoms. The van der Waals surface area contributed by atoms with Crippen molar-refractivity contribution in [1.29, 1.82) is 0 Å². The van der Waals surface area contributed by atoms with Gasteiger partial charge in [-0.2, -0.15) is 5.10 Å². The molecule has 1 aromatic carbocycles. The van der Waals surface area contributed by atoms with Crippen molar-refractivity contribution in [1.82, 2.24) is 15.5 Å². The van der Waals surface area contributed by atoms with Gasteiger partial charge in [0, 0.05) is 29.6 Å². The van der Waals surface area contributed by atoms with Gasteiger partial charge in [0.25, 0.3) is 0 Å². The number of ether oxygens (including phenoxy) is 1. The van der Waals surface area contributed by atoms with E-state index in [2.05, 4.69) is 20.8 Å². The summed E-state index contributed by atoms with van der Waals surface area (Å²) >= 11 is 0. The number of para-hydroxylation sites is 1. The Morgan fingerprint density at radius 1 is 1.18 bits per heavy atom. The molecule has 1 aromatic heterocycles. The first kappa shape index (κ1) is 26.9. The van der Waals surface area contributed by atoms with E-state index in [4.69, 9.17) is 9.84 Å². The average Bonchev–Trinajstić information content (AvgIpc) is 3.41. The first-order chi connectivity index (χ1) is 16.4. The number of aromatic amines is 1. The lowest BCUT2D eigenvalue weighted by molar-refractivity contribution is -0.117. The molecule has 2 atom stereocenters. The number of hydrogen-bond donors (Lipinski definition) is 4. The Bertz CT molecular complexity index is 939. The number of nitrogens with zero attached hydrogens (tertiary/aromatic N) is 1. The van der Waals surface area contributed by atoms with Crippen LogP contribution in [0.25, 0.3) is 0 Å². The number of alkyl carbamates (subject to hydrolysis) is 1. The summed E-state index contributed by atoms with van der Waals surface area (Å²) in [6.07, 6.45) is 4.72. The Balaban J connectivity index is 0.000000311. The molecule has 2 aromatic rings. The largest absolute Gasteiger partial charge is 0.507 e. The lowest BCUT2D eigenvalue weighted by atomic mass is 10.0. The van der Waals surface area contributed by atoms with E-state index in [-0.39, 0.29) is 41.7 Å². The predicted octanol–water partition coefficient (Wildman–Crippen LogP) is 4.76. The number of aldehydes is 1. The molecule has 2 aliphatic rings. The van der Waals surface area contributed by atoms with Crippen molar-refractivity contribution in [3.63, 3.8) is 0 Å². The fourth-order valence-electron chi connectivity index (χ4n) is 3.52. The van der Waals surface area contributed by atoms with Gasteiger partial charge in [-0.25, -0.2) is 4.79 Å². The molecule has 0 saturated heterocycles. The summed E-state index contributed by atoms with van der Waals surface area (Å²) in [6, 6.07) is 8.37. The van der Waals surface area contributed by atoms with E-state index in [0.717, 1.165) is 37.8 Å². The molecule has 34 heavy (non-hydrogen) atoms. The summed E-state index contributed by atoms with van der Waals surface area (Å²) in [5.74, 6) is 1.12. The standard InChI is InChI=1S/C16H24N4O3.C7H6O2.C2H6/c1-9(2)17-16(22)23-12-6-5-11(7-12)13-8-14(20-19-13)18-15(21)10-3-4-10;8-5-6-3-1-2-4-7(6)9;1-2/h8-12H,3-7H2,1-2H3,(H,17,22)(H2,18,19,20,21);1-5,9H;1-2H3. The molecule has 4 rings (SSSR count). The minimum absolute atomic E-state index is 0.0347. The number of hydrogen-bond acceptors (Lipinski definition) is 6. The molecule has 0 radical (unpaired) electrons. The van der Waals surface area contributed by atoms with Gasteiger partial charge in [0.05, 0.1) is 5.56 Å². The Labute approximate surface area is 200 Å². The third-order valence-electron chi connectivity index (χ3n) is 5.37. The normalized spacial score (nSPS) is 18.6. The Kier molecular flexibility index (Phi) is 10.6. The Morgan fingerprint density at radius 3 is 2.47 bits per heavy atom. The van der Waals surface area contributed by atoms with Crippen molar-refractivity contribution in [2.45, 2.75) is 77.9 Å². The van der Waals surface area contributed by atoms with Gasteiger partial charge in [-0.15, -0.1) is 0 Å². The van der Waals surface area contributed by atoms with E-state index in [9.17, 15) is 14.4 Å². The van der Waals surface area contributed by atoms with E-state index in [1.165, 1.54) is 6.07 Å². The number of aromatic hydroxyl groups is 1. The van der Waals surface area contributed by atoms with Crippen molar-refractivity contribution in [2.75, 3.05) is 5.32 Å². The highest BCUT2D eigenvalue weighted by Gasteiger charge is 2.32. The van der Waals surface area contributed by atoms with Crippen LogP contribution in [0.2, 0.25) is 0 Å². The van der Waals surface area contributed by atoms with Crippen molar-refractivity contribution in [3.05, 3.63) is 41.6 Å². The molecule has 4 N–H and O–H groups in total. The van der Waals surface area contributed by atoms with Crippen LogP contribution in [-0.4, -0.2) is 45.7 Å². The topological polar surface area (TPSA) is 133 Å². The van der Waals surface area contributed by atoms with Gasteiger partial charge in [0.2, 0.25) is 5.91 Å². The molecule has 9 heteroatoms. The number of aromatic nitrogens is 2. The Hall–Kier alpha value is -3.36. The van der Waals surface area contributed by atoms with Crippen LogP contribution in [0.3, 0.4) is 0 Å². The lowest BCUT2D eigenvalue weighted by Crippen LogP contribution is -2.33. The zero-order chi connectivity index (χ0) is 25.1. The van der Waals surface area contributed by atoms with E-state index >= 15 is 0 Å². The molecule has 0 aliphatic heterocycles. The number of carbonyl (C=O) groups is 3. The molecule has 9 nitrogen and oxygen atoms in total. The van der Waals surface area contributed by atoms with Crippen molar-refractivity contribution < 1.29 is 24.2 Å². The van der Waals surface area contributed by atoms with Gasteiger partial charge < -0.3 is 20.5 Å². The number of amides is 2. The zero-order valence-corrected chi connectivity index (χ0v) is 20.3. The number of carbonyl (C=O) groups excluding carboxylic acids is 3. The van der Waals surface area contributed by atoms with Crippen molar-refractivity contribution in [2.24, 2.45) is 5.92 Å². The summed E-state index contributed by atoms with van der Waals surface area (Å²) in [7, 11) is 0. The summed E-state index contributed by atoms with van der Waals surface area (Å²) < 4.78 is 5.43. The summed E-state index contributed by atoms with van der Waals surface area (Å²) in [5.41, 5.74) is 1.32. The lowest BCUT2D eigenvalue weighted by Gasteiger charge is -2.14. The van der Waals surface area contributed by atoms with Crippen LogP contribution in [0.5, 0.6) is 5.75 Å². The van der Waals surface area contributed by atoms with Crippen LogP contribution < -0.4 is 10.6 Å². The molecule has 2 amide bonds. The third kappa shape index (κ3) is 8.53. The fraction of sp³-hybridized carbons (Fsp3) is 0.520. The number of phenolic OH excluding ortho intramolecular Hbond substituents is 1. The smallest absolute Gasteiger partial charge is 0.407 e. The molecular formula is C25H36N4O5. The van der Waals surface area contributed by atoms with Gasteiger partial charge in [-0.1, -0.05) is 26.0 Å². The van der Waals surface area contributed by atoms with Gasteiger partial charge in [0.1, 0.15) is 11.9 Å². The zero-order valence-electron chi connectivity index (χ0n) is 20.3. The maximum absolute atomic E-state index is 11.7. The number of benzene rings is 1. The van der Waals surface area contributed by atoms with Crippen LogP contribution in [0.4, 0.5) is 10.6 Å². The van der Waals surface area contributed by atoms with E-state index in [1.807, 2.05) is 33.8 Å². The van der Waals surface area contributed by atoms with Crippen LogP contribution in [-0.2, 0) is 9.53 Å². The maximum atomic E-state index is 11.7. The van der Waals surface area contributed by atoms with E-state index in [1.54, 1.807) is 18.2 Å². The molecule has 0 spiro atoms. The second-order valence-electron chi connectivity index (χ2n) is 8.49. The number of nitrogens with one attached hydrogen (secondary N) is 3. The van der Waals surface area contributed by atoms with Gasteiger partial charge in [-0.3, -0.25) is 14.7 Å². The Morgan fingerprint density at radius 2 is 1.88 bits per heavy atom. The first-order valence-corrected chi connectivity index (χ1v) is 11.9. The number of H-pyrrole nitrogens is 1. The third-order valence-corrected chi connectivity index (χ3v) is 5.37. The maximum Gasteiger partial charge on any atom is 0.407 e. The number of rotatable bonds is 6.